The first-order valence-electron chi connectivity index (χ1n) is 4.63. The highest BCUT2D eigenvalue weighted by atomic mass is 35.5. The molecule has 0 aliphatic rings. The summed E-state index contributed by atoms with van der Waals surface area (Å²) in [6, 6.07) is 0. The van der Waals surface area contributed by atoms with Gasteiger partial charge >= 0.3 is 0 Å². The highest BCUT2D eigenvalue weighted by molar-refractivity contribution is 6.25. The van der Waals surface area contributed by atoms with E-state index in [1.54, 1.807) is 11.7 Å². The van der Waals surface area contributed by atoms with E-state index in [2.05, 4.69) is 15.6 Å². The molecule has 0 amide bonds. The summed E-state index contributed by atoms with van der Waals surface area (Å²) in [7, 11) is 0. The molecule has 0 atom stereocenters. The van der Waals surface area contributed by atoms with Gasteiger partial charge in [-0.2, -0.15) is 0 Å². The average molecular weight is 215 g/mol. The van der Waals surface area contributed by atoms with Crippen molar-refractivity contribution >= 4 is 11.6 Å². The maximum absolute atomic E-state index is 5.52. The lowest BCUT2D eigenvalue weighted by atomic mass is 10.3. The van der Waals surface area contributed by atoms with Crippen LogP contribution in [0.4, 0.5) is 0 Å². The van der Waals surface area contributed by atoms with Crippen LogP contribution in [0.15, 0.2) is 23.5 Å². The molecule has 0 aliphatic carbocycles. The van der Waals surface area contributed by atoms with Crippen LogP contribution < -0.4 is 5.32 Å². The van der Waals surface area contributed by atoms with Gasteiger partial charge < -0.3 is 5.32 Å². The van der Waals surface area contributed by atoms with Gasteiger partial charge in [0.25, 0.3) is 0 Å². The van der Waals surface area contributed by atoms with Gasteiger partial charge in [-0.3, -0.25) is 4.68 Å². The van der Waals surface area contributed by atoms with E-state index in [9.17, 15) is 0 Å². The zero-order chi connectivity index (χ0) is 10.2. The first-order valence-corrected chi connectivity index (χ1v) is 5.07. The number of aryl methyl sites for hydroxylation is 1. The van der Waals surface area contributed by atoms with E-state index in [0.717, 1.165) is 31.6 Å². The number of rotatable bonds is 6. The largest absolute Gasteiger partial charge is 0.313 e. The molecular formula is C9H15ClN4. The van der Waals surface area contributed by atoms with E-state index < -0.39 is 0 Å². The molecule has 0 unspecified atom stereocenters. The first-order chi connectivity index (χ1) is 6.83. The van der Waals surface area contributed by atoms with Gasteiger partial charge in [-0.05, 0) is 25.5 Å². The molecule has 0 radical (unpaired) electrons. The smallest absolute Gasteiger partial charge is 0.0692 e. The Hall–Kier alpha value is -0.870. The summed E-state index contributed by atoms with van der Waals surface area (Å²) in [5, 5.41) is 10.9. The van der Waals surface area contributed by atoms with Crippen LogP contribution in [0, 0.1) is 0 Å². The summed E-state index contributed by atoms with van der Waals surface area (Å²) >= 11 is 5.52. The maximum atomic E-state index is 5.52. The van der Waals surface area contributed by atoms with E-state index >= 15 is 0 Å². The second-order valence-corrected chi connectivity index (χ2v) is 3.37. The average Bonchev–Trinajstić information content (AvgIpc) is 2.69. The summed E-state index contributed by atoms with van der Waals surface area (Å²) in [6.45, 7) is 4.71. The summed E-state index contributed by atoms with van der Waals surface area (Å²) in [6.07, 6.45) is 4.59. The molecule has 1 N–H and O–H groups in total. The van der Waals surface area contributed by atoms with Crippen LogP contribution in [-0.4, -0.2) is 28.1 Å². The number of nitrogens with one attached hydrogen (secondary N) is 1. The van der Waals surface area contributed by atoms with Crippen LogP contribution in [-0.2, 0) is 6.54 Å². The molecule has 5 heteroatoms. The molecule has 4 nitrogen and oxygen atoms in total. The van der Waals surface area contributed by atoms with Crippen LogP contribution in [0.5, 0.6) is 0 Å². The standard InChI is InChI=1S/C9H15ClN4/c1-9(7-10)8-11-3-2-5-14-6-4-12-13-14/h4,6-7,11H,2-3,5,8H2,1H3/b9-7-. The second kappa shape index (κ2) is 6.56. The molecule has 0 spiro atoms. The van der Waals surface area contributed by atoms with Crippen molar-refractivity contribution in [3.63, 3.8) is 0 Å². The Kier molecular flexibility index (Phi) is 5.25. The molecule has 1 aromatic heterocycles. The molecule has 1 heterocycles. The van der Waals surface area contributed by atoms with Gasteiger partial charge in [0.15, 0.2) is 0 Å². The van der Waals surface area contributed by atoms with Crippen molar-refractivity contribution in [2.24, 2.45) is 0 Å². The fourth-order valence-electron chi connectivity index (χ4n) is 1.04. The topological polar surface area (TPSA) is 42.7 Å². The van der Waals surface area contributed by atoms with Crippen molar-refractivity contribution in [2.75, 3.05) is 13.1 Å². The highest BCUT2D eigenvalue weighted by Crippen LogP contribution is 1.92. The maximum Gasteiger partial charge on any atom is 0.0692 e. The van der Waals surface area contributed by atoms with Gasteiger partial charge in [-0.15, -0.1) is 5.10 Å². The van der Waals surface area contributed by atoms with Gasteiger partial charge in [-0.25, -0.2) is 0 Å². The summed E-state index contributed by atoms with van der Waals surface area (Å²) < 4.78 is 1.83. The van der Waals surface area contributed by atoms with Crippen LogP contribution in [0.1, 0.15) is 13.3 Å². The van der Waals surface area contributed by atoms with Gasteiger partial charge in [0, 0.05) is 24.8 Å². The molecule has 1 rings (SSSR count). The third-order valence-electron chi connectivity index (χ3n) is 1.80. The van der Waals surface area contributed by atoms with E-state index in [1.807, 2.05) is 17.8 Å². The SMILES string of the molecule is C/C(=C/Cl)CNCCCn1ccnn1. The fourth-order valence-corrected chi connectivity index (χ4v) is 1.12. The molecule has 0 aromatic carbocycles. The lowest BCUT2D eigenvalue weighted by Crippen LogP contribution is -2.19. The Morgan fingerprint density at radius 2 is 2.50 bits per heavy atom. The van der Waals surface area contributed by atoms with Gasteiger partial charge in [-0.1, -0.05) is 16.8 Å². The minimum absolute atomic E-state index is 0.848. The fraction of sp³-hybridized carbons (Fsp3) is 0.556. The molecule has 1 aromatic rings. The Morgan fingerprint density at radius 3 is 3.14 bits per heavy atom. The van der Waals surface area contributed by atoms with Crippen molar-refractivity contribution in [2.45, 2.75) is 19.9 Å². The Labute approximate surface area is 88.9 Å². The molecule has 0 saturated heterocycles. The molecule has 14 heavy (non-hydrogen) atoms. The van der Waals surface area contributed by atoms with Gasteiger partial charge in [0.2, 0.25) is 0 Å². The van der Waals surface area contributed by atoms with Gasteiger partial charge in [0.05, 0.1) is 6.20 Å². The predicted octanol–water partition coefficient (Wildman–Crippen LogP) is 1.40. The van der Waals surface area contributed by atoms with Crippen molar-refractivity contribution in [1.29, 1.82) is 0 Å². The predicted molar refractivity (Wildman–Crippen MR) is 57.1 cm³/mol. The van der Waals surface area contributed by atoms with E-state index in [0.29, 0.717) is 0 Å². The van der Waals surface area contributed by atoms with Crippen LogP contribution >= 0.6 is 11.6 Å². The van der Waals surface area contributed by atoms with E-state index in [4.69, 9.17) is 11.6 Å². The molecule has 0 bridgehead atoms. The van der Waals surface area contributed by atoms with Crippen LogP contribution in [0.25, 0.3) is 0 Å². The van der Waals surface area contributed by atoms with Crippen molar-refractivity contribution in [3.8, 4) is 0 Å². The Morgan fingerprint density at radius 1 is 1.64 bits per heavy atom. The molecule has 78 valence electrons. The van der Waals surface area contributed by atoms with Crippen LogP contribution in [0.2, 0.25) is 0 Å². The minimum atomic E-state index is 0.848. The molecule has 0 aliphatic heterocycles. The van der Waals surface area contributed by atoms with E-state index in [1.165, 1.54) is 0 Å². The molecule has 0 fully saturated rings. The van der Waals surface area contributed by atoms with Crippen molar-refractivity contribution in [3.05, 3.63) is 23.5 Å². The lowest BCUT2D eigenvalue weighted by molar-refractivity contribution is 0.538. The third kappa shape index (κ3) is 4.39. The summed E-state index contributed by atoms with van der Waals surface area (Å²) in [4.78, 5) is 0. The molecule has 0 saturated carbocycles. The minimum Gasteiger partial charge on any atom is -0.313 e. The monoisotopic (exact) mass is 214 g/mol. The van der Waals surface area contributed by atoms with Crippen molar-refractivity contribution in [1.82, 2.24) is 20.3 Å². The van der Waals surface area contributed by atoms with Gasteiger partial charge in [0.1, 0.15) is 0 Å². The second-order valence-electron chi connectivity index (χ2n) is 3.15. The lowest BCUT2D eigenvalue weighted by Gasteiger charge is -2.03. The number of hydrogen-bond donors (Lipinski definition) is 1. The quantitative estimate of drug-likeness (QED) is 0.728. The molecular weight excluding hydrogens is 200 g/mol. The third-order valence-corrected chi connectivity index (χ3v) is 2.18. The van der Waals surface area contributed by atoms with Crippen LogP contribution in [0.3, 0.4) is 0 Å². The van der Waals surface area contributed by atoms with Crippen molar-refractivity contribution < 1.29 is 0 Å². The number of hydrogen-bond acceptors (Lipinski definition) is 3. The zero-order valence-corrected chi connectivity index (χ0v) is 9.04. The Balaban J connectivity index is 2.00. The number of aromatic nitrogens is 3. The first kappa shape index (κ1) is 11.2. The number of nitrogens with zero attached hydrogens (tertiary/aromatic N) is 3. The normalized spacial score (nSPS) is 12.0. The Bertz CT molecular complexity index is 268. The number of halogens is 1. The summed E-state index contributed by atoms with van der Waals surface area (Å²) in [5.74, 6) is 0. The van der Waals surface area contributed by atoms with E-state index in [-0.39, 0.29) is 0 Å². The zero-order valence-electron chi connectivity index (χ0n) is 8.28. The summed E-state index contributed by atoms with van der Waals surface area (Å²) in [5.41, 5.74) is 2.75. The highest BCUT2D eigenvalue weighted by Gasteiger charge is 1.92.